The monoisotopic (exact) mass is 227 g/mol. The topological polar surface area (TPSA) is 107 Å². The predicted molar refractivity (Wildman–Crippen MR) is 56.2 cm³/mol. The Morgan fingerprint density at radius 3 is 2.69 bits per heavy atom. The van der Waals surface area contributed by atoms with Gasteiger partial charge in [-0.25, -0.2) is 4.79 Å². The summed E-state index contributed by atoms with van der Waals surface area (Å²) in [5.74, 6) is -1.25. The molecule has 0 saturated carbocycles. The lowest BCUT2D eigenvalue weighted by Gasteiger charge is -2.10. The Morgan fingerprint density at radius 1 is 1.56 bits per heavy atom. The van der Waals surface area contributed by atoms with E-state index < -0.39 is 23.3 Å². The van der Waals surface area contributed by atoms with Gasteiger partial charge in [0.05, 0.1) is 6.54 Å². The van der Waals surface area contributed by atoms with Crippen LogP contribution in [0.2, 0.25) is 0 Å². The van der Waals surface area contributed by atoms with E-state index in [-0.39, 0.29) is 6.54 Å². The Balaban J connectivity index is 3.18. The van der Waals surface area contributed by atoms with E-state index in [1.54, 1.807) is 6.92 Å². The molecule has 1 aromatic heterocycles. The van der Waals surface area contributed by atoms with Crippen LogP contribution in [0.4, 0.5) is 0 Å². The van der Waals surface area contributed by atoms with Gasteiger partial charge in [-0.2, -0.15) is 0 Å². The van der Waals surface area contributed by atoms with Gasteiger partial charge in [0.1, 0.15) is 6.04 Å². The van der Waals surface area contributed by atoms with Crippen LogP contribution in [0.15, 0.2) is 21.9 Å². The quantitative estimate of drug-likeness (QED) is 0.647. The van der Waals surface area contributed by atoms with Crippen LogP contribution in [0.3, 0.4) is 0 Å². The average Bonchev–Trinajstić information content (AvgIpc) is 2.24. The van der Waals surface area contributed by atoms with Crippen LogP contribution >= 0.6 is 0 Å². The van der Waals surface area contributed by atoms with Crippen molar-refractivity contribution in [2.45, 2.75) is 26.1 Å². The summed E-state index contributed by atoms with van der Waals surface area (Å²) in [6, 6.07) is -0.0578. The van der Waals surface area contributed by atoms with Crippen LogP contribution < -0.4 is 17.0 Å². The number of carboxylic acids is 1. The summed E-state index contributed by atoms with van der Waals surface area (Å²) >= 11 is 0. The van der Waals surface area contributed by atoms with Crippen molar-refractivity contribution >= 4 is 5.97 Å². The van der Waals surface area contributed by atoms with E-state index in [0.717, 1.165) is 4.57 Å². The fourth-order valence-electron chi connectivity index (χ4n) is 1.24. The van der Waals surface area contributed by atoms with Crippen molar-refractivity contribution in [1.82, 2.24) is 9.13 Å². The van der Waals surface area contributed by atoms with Gasteiger partial charge in [-0.1, -0.05) is 0 Å². The molecule has 3 N–H and O–H groups in total. The number of aryl methyl sites for hydroxylation is 1. The number of aliphatic carboxylic acids is 1. The molecule has 0 radical (unpaired) electrons. The standard InChI is InChI=1S/C9H13N3O4/c1-2-11-4-3-7(13)12(9(11)16)5-6(10)8(14)15/h3-4,6H,2,5,10H2,1H3,(H,14,15). The van der Waals surface area contributed by atoms with Gasteiger partial charge in [-0.3, -0.25) is 14.2 Å². The van der Waals surface area contributed by atoms with E-state index in [2.05, 4.69) is 0 Å². The largest absolute Gasteiger partial charge is 0.480 e. The molecule has 1 atom stereocenters. The molecule has 0 aliphatic rings. The van der Waals surface area contributed by atoms with Crippen molar-refractivity contribution in [3.8, 4) is 0 Å². The molecule has 0 bridgehead atoms. The van der Waals surface area contributed by atoms with Crippen LogP contribution in [-0.2, 0) is 17.9 Å². The van der Waals surface area contributed by atoms with Crippen LogP contribution in [-0.4, -0.2) is 26.3 Å². The first kappa shape index (κ1) is 12.2. The maximum Gasteiger partial charge on any atom is 0.331 e. The molecule has 0 fully saturated rings. The van der Waals surface area contributed by atoms with Gasteiger partial charge in [0.2, 0.25) is 0 Å². The van der Waals surface area contributed by atoms with Crippen LogP contribution in [0.1, 0.15) is 6.92 Å². The number of hydrogen-bond donors (Lipinski definition) is 2. The minimum absolute atomic E-state index is 0.326. The Hall–Kier alpha value is -1.89. The molecule has 7 heteroatoms. The van der Waals surface area contributed by atoms with Crippen LogP contribution in [0.5, 0.6) is 0 Å². The number of carboxylic acid groups (broad SMARTS) is 1. The molecule has 7 nitrogen and oxygen atoms in total. The van der Waals surface area contributed by atoms with Gasteiger partial charge in [0.15, 0.2) is 0 Å². The van der Waals surface area contributed by atoms with E-state index in [4.69, 9.17) is 10.8 Å². The Bertz CT molecular complexity index is 502. The molecule has 0 spiro atoms. The van der Waals surface area contributed by atoms with Gasteiger partial charge in [-0.05, 0) is 6.92 Å². The normalized spacial score (nSPS) is 12.4. The second-order valence-corrected chi connectivity index (χ2v) is 3.28. The first-order chi connectivity index (χ1) is 7.47. The lowest BCUT2D eigenvalue weighted by molar-refractivity contribution is -0.138. The Kier molecular flexibility index (Phi) is 3.62. The van der Waals surface area contributed by atoms with E-state index >= 15 is 0 Å². The third-order valence-corrected chi connectivity index (χ3v) is 2.18. The van der Waals surface area contributed by atoms with Gasteiger partial charge >= 0.3 is 11.7 Å². The summed E-state index contributed by atoms with van der Waals surface area (Å²) in [5.41, 5.74) is 4.17. The average molecular weight is 227 g/mol. The van der Waals surface area contributed by atoms with Crippen molar-refractivity contribution < 1.29 is 9.90 Å². The first-order valence-electron chi connectivity index (χ1n) is 4.76. The lowest BCUT2D eigenvalue weighted by atomic mass is 10.3. The zero-order valence-corrected chi connectivity index (χ0v) is 8.79. The minimum atomic E-state index is -1.27. The third-order valence-electron chi connectivity index (χ3n) is 2.18. The number of aromatic nitrogens is 2. The summed E-state index contributed by atoms with van der Waals surface area (Å²) in [5, 5.41) is 8.60. The van der Waals surface area contributed by atoms with Gasteiger partial charge in [0, 0.05) is 18.8 Å². The zero-order valence-electron chi connectivity index (χ0n) is 8.79. The minimum Gasteiger partial charge on any atom is -0.480 e. The summed E-state index contributed by atoms with van der Waals surface area (Å²) in [7, 11) is 0. The van der Waals surface area contributed by atoms with Crippen molar-refractivity contribution in [3.05, 3.63) is 33.1 Å². The fraction of sp³-hybridized carbons (Fsp3) is 0.444. The zero-order chi connectivity index (χ0) is 12.3. The van der Waals surface area contributed by atoms with Gasteiger partial charge < -0.3 is 15.4 Å². The predicted octanol–water partition coefficient (Wildman–Crippen LogP) is -1.56. The molecular formula is C9H13N3O4. The molecule has 1 aromatic rings. The lowest BCUT2D eigenvalue weighted by Crippen LogP contribution is -2.45. The molecule has 1 unspecified atom stereocenters. The van der Waals surface area contributed by atoms with E-state index in [1.807, 2.05) is 0 Å². The molecule has 1 rings (SSSR count). The van der Waals surface area contributed by atoms with E-state index in [1.165, 1.54) is 16.8 Å². The number of hydrogen-bond acceptors (Lipinski definition) is 4. The molecule has 0 aliphatic carbocycles. The van der Waals surface area contributed by atoms with Crippen LogP contribution in [0, 0.1) is 0 Å². The Morgan fingerprint density at radius 2 is 2.19 bits per heavy atom. The molecule has 88 valence electrons. The molecule has 0 saturated heterocycles. The fourth-order valence-corrected chi connectivity index (χ4v) is 1.24. The maximum absolute atomic E-state index is 11.7. The second kappa shape index (κ2) is 4.75. The molecule has 0 aliphatic heterocycles. The molecule has 0 aromatic carbocycles. The second-order valence-electron chi connectivity index (χ2n) is 3.28. The first-order valence-corrected chi connectivity index (χ1v) is 4.76. The van der Waals surface area contributed by atoms with Gasteiger partial charge in [0.25, 0.3) is 5.56 Å². The highest BCUT2D eigenvalue weighted by Gasteiger charge is 2.15. The summed E-state index contributed by atoms with van der Waals surface area (Å²) in [4.78, 5) is 33.6. The maximum atomic E-state index is 11.7. The summed E-state index contributed by atoms with van der Waals surface area (Å²) in [6.07, 6.45) is 1.37. The highest BCUT2D eigenvalue weighted by atomic mass is 16.4. The van der Waals surface area contributed by atoms with Crippen LogP contribution in [0.25, 0.3) is 0 Å². The molecule has 16 heavy (non-hydrogen) atoms. The number of nitrogens with zero attached hydrogens (tertiary/aromatic N) is 2. The molecule has 0 amide bonds. The van der Waals surface area contributed by atoms with Crippen molar-refractivity contribution in [2.24, 2.45) is 5.73 Å². The highest BCUT2D eigenvalue weighted by Crippen LogP contribution is 1.84. The Labute approximate surface area is 90.7 Å². The number of nitrogens with two attached hydrogens (primary N) is 1. The van der Waals surface area contributed by atoms with Crippen molar-refractivity contribution in [1.29, 1.82) is 0 Å². The van der Waals surface area contributed by atoms with E-state index in [0.29, 0.717) is 6.54 Å². The summed E-state index contributed by atoms with van der Waals surface area (Å²) < 4.78 is 2.12. The highest BCUT2D eigenvalue weighted by molar-refractivity contribution is 5.72. The smallest absolute Gasteiger partial charge is 0.331 e. The molecule has 1 heterocycles. The van der Waals surface area contributed by atoms with Gasteiger partial charge in [-0.15, -0.1) is 0 Å². The molecular weight excluding hydrogens is 214 g/mol. The number of rotatable bonds is 4. The van der Waals surface area contributed by atoms with Crippen molar-refractivity contribution in [2.75, 3.05) is 0 Å². The van der Waals surface area contributed by atoms with Crippen molar-refractivity contribution in [3.63, 3.8) is 0 Å². The third kappa shape index (κ3) is 2.37. The van der Waals surface area contributed by atoms with E-state index in [9.17, 15) is 14.4 Å². The SMILES string of the molecule is CCn1ccc(=O)n(CC(N)C(=O)O)c1=O. The number of carbonyl (C=O) groups is 1. The summed E-state index contributed by atoms with van der Waals surface area (Å²) in [6.45, 7) is 1.82.